The van der Waals surface area contributed by atoms with Gasteiger partial charge in [0.25, 0.3) is 0 Å². The van der Waals surface area contributed by atoms with E-state index in [0.29, 0.717) is 0 Å². The highest BCUT2D eigenvalue weighted by Gasteiger charge is 2.31. The lowest BCUT2D eigenvalue weighted by atomic mass is 9.95. The van der Waals surface area contributed by atoms with Crippen LogP contribution in [0.4, 0.5) is 13.2 Å². The third-order valence-corrected chi connectivity index (χ3v) is 1.57. The predicted molar refractivity (Wildman–Crippen MR) is 40.6 cm³/mol. The quantitative estimate of drug-likeness (QED) is 0.719. The summed E-state index contributed by atoms with van der Waals surface area (Å²) in [6, 6.07) is 0. The first-order chi connectivity index (χ1) is 6.16. The average Bonchev–Trinajstić information content (AvgIpc) is 2.67. The van der Waals surface area contributed by atoms with Crippen LogP contribution in [0.5, 0.6) is 0 Å². The van der Waals surface area contributed by atoms with Crippen LogP contribution in [0.25, 0.3) is 0 Å². The molecular weight excluding hydrogens is 182 g/mol. The second-order valence-electron chi connectivity index (χ2n) is 2.49. The molecule has 1 aromatic heterocycles. The summed E-state index contributed by atoms with van der Waals surface area (Å²) in [7, 11) is 4.84. The molecule has 0 fully saturated rings. The van der Waals surface area contributed by atoms with Gasteiger partial charge >= 0.3 is 0 Å². The topological polar surface area (TPSA) is 41.6 Å². The molecule has 7 heteroatoms. The Morgan fingerprint density at radius 3 is 2.62 bits per heavy atom. The van der Waals surface area contributed by atoms with E-state index < -0.39 is 24.8 Å². The van der Waals surface area contributed by atoms with Gasteiger partial charge in [-0.05, 0) is 0 Å². The van der Waals surface area contributed by atoms with Crippen molar-refractivity contribution < 1.29 is 13.2 Å². The third-order valence-electron chi connectivity index (χ3n) is 1.57. The highest BCUT2D eigenvalue weighted by molar-refractivity contribution is 6.08. The summed E-state index contributed by atoms with van der Waals surface area (Å²) in [5.74, 6) is 0. The summed E-state index contributed by atoms with van der Waals surface area (Å²) in [6.07, 6.45) is -6.00. The highest BCUT2D eigenvalue weighted by atomic mass is 19.2. The van der Waals surface area contributed by atoms with Crippen molar-refractivity contribution in [3.63, 3.8) is 0 Å². The SMILES string of the molecule is [B]CC(F)C(F)C(F)c1cn[nH]n1. The minimum atomic E-state index is -2.30. The van der Waals surface area contributed by atoms with E-state index in [9.17, 15) is 13.2 Å². The molecule has 3 nitrogen and oxygen atoms in total. The Labute approximate surface area is 74.1 Å². The first-order valence-corrected chi connectivity index (χ1v) is 3.64. The maximum Gasteiger partial charge on any atom is 0.179 e. The number of H-pyrrole nitrogens is 1. The van der Waals surface area contributed by atoms with Crippen LogP contribution in [-0.4, -0.2) is 35.6 Å². The van der Waals surface area contributed by atoms with E-state index in [1.807, 2.05) is 0 Å². The zero-order valence-corrected chi connectivity index (χ0v) is 6.62. The molecular formula is C6H7BF3N3. The summed E-state index contributed by atoms with van der Waals surface area (Å²) >= 11 is 0. The molecule has 0 bridgehead atoms. The number of nitrogens with one attached hydrogen (secondary N) is 1. The maximum absolute atomic E-state index is 13.0. The second-order valence-corrected chi connectivity index (χ2v) is 2.49. The molecule has 0 saturated heterocycles. The lowest BCUT2D eigenvalue weighted by molar-refractivity contribution is 0.0894. The number of hydrogen-bond donors (Lipinski definition) is 1. The molecule has 0 saturated carbocycles. The fraction of sp³-hybridized carbons (Fsp3) is 0.667. The molecule has 0 spiro atoms. The molecule has 1 N–H and O–H groups in total. The van der Waals surface area contributed by atoms with Gasteiger partial charge in [-0.1, -0.05) is 6.32 Å². The van der Waals surface area contributed by atoms with Crippen molar-refractivity contribution in [1.29, 1.82) is 0 Å². The first-order valence-electron chi connectivity index (χ1n) is 3.64. The van der Waals surface area contributed by atoms with E-state index in [1.54, 1.807) is 0 Å². The van der Waals surface area contributed by atoms with Gasteiger partial charge < -0.3 is 0 Å². The summed E-state index contributed by atoms with van der Waals surface area (Å²) in [5, 5.41) is 8.67. The van der Waals surface area contributed by atoms with Gasteiger partial charge in [-0.2, -0.15) is 15.4 Å². The monoisotopic (exact) mass is 189 g/mol. The van der Waals surface area contributed by atoms with Crippen molar-refractivity contribution in [2.24, 2.45) is 0 Å². The zero-order valence-electron chi connectivity index (χ0n) is 6.62. The van der Waals surface area contributed by atoms with Crippen LogP contribution in [0.1, 0.15) is 11.9 Å². The Bertz CT molecular complexity index is 243. The van der Waals surface area contributed by atoms with Crippen molar-refractivity contribution in [3.05, 3.63) is 11.9 Å². The molecule has 0 aliphatic rings. The second kappa shape index (κ2) is 4.29. The van der Waals surface area contributed by atoms with E-state index in [1.165, 1.54) is 0 Å². The Kier molecular flexibility index (Phi) is 3.33. The first kappa shape index (κ1) is 10.1. The number of rotatable bonds is 4. The molecule has 2 radical (unpaired) electrons. The number of aromatic nitrogens is 3. The van der Waals surface area contributed by atoms with Gasteiger partial charge in [0, 0.05) is 0 Å². The molecule has 0 aliphatic carbocycles. The summed E-state index contributed by atoms with van der Waals surface area (Å²) in [6.45, 7) is 0. The highest BCUT2D eigenvalue weighted by Crippen LogP contribution is 2.26. The molecule has 0 aromatic carbocycles. The summed E-state index contributed by atoms with van der Waals surface area (Å²) in [4.78, 5) is 0. The zero-order chi connectivity index (χ0) is 9.84. The molecule has 1 rings (SSSR count). The van der Waals surface area contributed by atoms with Crippen LogP contribution in [-0.2, 0) is 0 Å². The minimum absolute atomic E-state index is 0.261. The van der Waals surface area contributed by atoms with Crippen molar-refractivity contribution in [3.8, 4) is 0 Å². The molecule has 13 heavy (non-hydrogen) atoms. The predicted octanol–water partition coefficient (Wildman–Crippen LogP) is 1.08. The summed E-state index contributed by atoms with van der Waals surface area (Å²) in [5.41, 5.74) is -0.261. The van der Waals surface area contributed by atoms with Crippen LogP contribution >= 0.6 is 0 Å². The molecule has 1 aromatic rings. The van der Waals surface area contributed by atoms with E-state index in [2.05, 4.69) is 15.4 Å². The third kappa shape index (κ3) is 2.23. The number of halogens is 3. The van der Waals surface area contributed by atoms with Crippen molar-refractivity contribution >= 4 is 7.85 Å². The average molecular weight is 189 g/mol. The normalized spacial score (nSPS) is 18.1. The van der Waals surface area contributed by atoms with Gasteiger partial charge in [0.15, 0.2) is 12.3 Å². The van der Waals surface area contributed by atoms with Gasteiger partial charge in [-0.25, -0.2) is 13.2 Å². The fourth-order valence-corrected chi connectivity index (χ4v) is 0.820. The van der Waals surface area contributed by atoms with E-state index >= 15 is 0 Å². The van der Waals surface area contributed by atoms with Gasteiger partial charge in [0.1, 0.15) is 11.9 Å². The van der Waals surface area contributed by atoms with Crippen LogP contribution in [0.15, 0.2) is 6.20 Å². The van der Waals surface area contributed by atoms with Crippen molar-refractivity contribution in [2.75, 3.05) is 0 Å². The molecule has 0 amide bonds. The van der Waals surface area contributed by atoms with E-state index in [0.717, 1.165) is 6.20 Å². The fourth-order valence-electron chi connectivity index (χ4n) is 0.820. The van der Waals surface area contributed by atoms with Gasteiger partial charge in [-0.15, -0.1) is 0 Å². The Morgan fingerprint density at radius 2 is 2.15 bits per heavy atom. The van der Waals surface area contributed by atoms with Gasteiger partial charge in [0.05, 0.1) is 14.0 Å². The maximum atomic E-state index is 13.0. The minimum Gasteiger partial charge on any atom is -0.245 e. The van der Waals surface area contributed by atoms with Crippen molar-refractivity contribution in [2.45, 2.75) is 24.8 Å². The lowest BCUT2D eigenvalue weighted by Crippen LogP contribution is -2.22. The standard InChI is InChI=1S/C6H7BF3N3/c7-1-3(8)5(9)6(10)4-2-11-13-12-4/h2-3,5-6H,1H2,(H,11,12,13). The smallest absolute Gasteiger partial charge is 0.179 e. The largest absolute Gasteiger partial charge is 0.245 e. The van der Waals surface area contributed by atoms with Crippen LogP contribution in [0.2, 0.25) is 6.32 Å². The Balaban J connectivity index is 2.62. The van der Waals surface area contributed by atoms with Crippen molar-refractivity contribution in [1.82, 2.24) is 15.4 Å². The Morgan fingerprint density at radius 1 is 1.46 bits per heavy atom. The van der Waals surface area contributed by atoms with Crippen LogP contribution < -0.4 is 0 Å². The van der Waals surface area contributed by atoms with Crippen LogP contribution in [0.3, 0.4) is 0 Å². The molecule has 3 unspecified atom stereocenters. The molecule has 0 aliphatic heterocycles. The number of hydrogen-bond acceptors (Lipinski definition) is 2. The summed E-state index contributed by atoms with van der Waals surface area (Å²) < 4.78 is 38.4. The molecule has 3 atom stereocenters. The molecule has 1 heterocycles. The number of alkyl halides is 3. The number of nitrogens with zero attached hydrogens (tertiary/aromatic N) is 2. The lowest BCUT2D eigenvalue weighted by Gasteiger charge is -2.13. The van der Waals surface area contributed by atoms with E-state index in [-0.39, 0.29) is 5.69 Å². The van der Waals surface area contributed by atoms with Crippen LogP contribution in [0, 0.1) is 0 Å². The van der Waals surface area contributed by atoms with Gasteiger partial charge in [-0.3, -0.25) is 0 Å². The Hall–Kier alpha value is -1.01. The molecule has 70 valence electrons. The van der Waals surface area contributed by atoms with Gasteiger partial charge in [0.2, 0.25) is 0 Å². The van der Waals surface area contributed by atoms with E-state index in [4.69, 9.17) is 7.85 Å². The number of aromatic amines is 1.